The number of thiazole rings is 1. The zero-order valence-electron chi connectivity index (χ0n) is 14.6. The highest BCUT2D eigenvalue weighted by Gasteiger charge is 2.18. The molecule has 2 aromatic rings. The number of alkyl halides is 1. The molecule has 1 unspecified atom stereocenters. The molecular formula is C18H23FN2O3S. The maximum absolute atomic E-state index is 13.1. The number of alkyl carbamates (subject to hydrolysis) is 1. The van der Waals surface area contributed by atoms with Crippen LogP contribution >= 0.6 is 11.3 Å². The van der Waals surface area contributed by atoms with Gasteiger partial charge in [0.1, 0.15) is 16.4 Å². The van der Waals surface area contributed by atoms with Crippen molar-refractivity contribution in [2.45, 2.75) is 26.4 Å². The van der Waals surface area contributed by atoms with Crippen molar-refractivity contribution in [3.8, 4) is 16.3 Å². The van der Waals surface area contributed by atoms with E-state index in [1.54, 1.807) is 38.3 Å². The Hall–Kier alpha value is -2.15. The monoisotopic (exact) mass is 366 g/mol. The largest absolute Gasteiger partial charge is 0.493 e. The van der Waals surface area contributed by atoms with Crippen LogP contribution in [0.1, 0.15) is 20.8 Å². The zero-order chi connectivity index (χ0) is 18.3. The second-order valence-corrected chi connectivity index (χ2v) is 7.47. The van der Waals surface area contributed by atoms with E-state index in [1.165, 1.54) is 0 Å². The summed E-state index contributed by atoms with van der Waals surface area (Å²) < 4.78 is 23.9. The van der Waals surface area contributed by atoms with Crippen LogP contribution in [0, 0.1) is 5.92 Å². The molecule has 136 valence electrons. The molecule has 0 saturated heterocycles. The van der Waals surface area contributed by atoms with E-state index in [2.05, 4.69) is 10.3 Å². The number of ether oxygens (including phenoxy) is 2. The van der Waals surface area contributed by atoms with Gasteiger partial charge in [0.15, 0.2) is 0 Å². The molecule has 0 fully saturated rings. The topological polar surface area (TPSA) is 60.5 Å². The van der Waals surface area contributed by atoms with Gasteiger partial charge in [-0.2, -0.15) is 0 Å². The first-order valence-corrected chi connectivity index (χ1v) is 8.91. The van der Waals surface area contributed by atoms with Gasteiger partial charge in [0.25, 0.3) is 0 Å². The van der Waals surface area contributed by atoms with Crippen molar-refractivity contribution in [1.82, 2.24) is 10.3 Å². The maximum Gasteiger partial charge on any atom is 0.407 e. The van der Waals surface area contributed by atoms with E-state index in [-0.39, 0.29) is 13.2 Å². The Kier molecular flexibility index (Phi) is 6.75. The Labute approximate surface area is 151 Å². The van der Waals surface area contributed by atoms with Crippen LogP contribution in [-0.2, 0) is 4.74 Å². The first-order valence-electron chi connectivity index (χ1n) is 8.03. The van der Waals surface area contributed by atoms with Crippen LogP contribution in [-0.4, -0.2) is 36.5 Å². The molecule has 5 nitrogen and oxygen atoms in total. The van der Waals surface area contributed by atoms with Gasteiger partial charge in [-0.25, -0.2) is 9.78 Å². The summed E-state index contributed by atoms with van der Waals surface area (Å²) in [4.78, 5) is 15.8. The highest BCUT2D eigenvalue weighted by Crippen LogP contribution is 2.24. The van der Waals surface area contributed by atoms with E-state index in [4.69, 9.17) is 9.47 Å². The number of hydrogen-bond donors (Lipinski definition) is 1. The van der Waals surface area contributed by atoms with E-state index in [0.717, 1.165) is 10.6 Å². The lowest BCUT2D eigenvalue weighted by Gasteiger charge is -2.21. The van der Waals surface area contributed by atoms with Gasteiger partial charge in [0.05, 0.1) is 13.3 Å². The summed E-state index contributed by atoms with van der Waals surface area (Å²) in [6, 6.07) is 7.48. The molecule has 0 aliphatic carbocycles. The average Bonchev–Trinajstić information content (AvgIpc) is 3.08. The summed E-state index contributed by atoms with van der Waals surface area (Å²) in [5, 5.41) is 5.43. The quantitative estimate of drug-likeness (QED) is 0.794. The van der Waals surface area contributed by atoms with Crippen molar-refractivity contribution < 1.29 is 18.7 Å². The number of hydrogen-bond acceptors (Lipinski definition) is 5. The highest BCUT2D eigenvalue weighted by molar-refractivity contribution is 7.13. The van der Waals surface area contributed by atoms with Crippen molar-refractivity contribution in [3.05, 3.63) is 35.8 Å². The van der Waals surface area contributed by atoms with Crippen LogP contribution in [0.15, 0.2) is 35.8 Å². The molecular weight excluding hydrogens is 343 g/mol. The van der Waals surface area contributed by atoms with Gasteiger partial charge in [0.2, 0.25) is 0 Å². The molecule has 0 bridgehead atoms. The Bertz CT molecular complexity index is 654. The minimum Gasteiger partial charge on any atom is -0.493 e. The predicted octanol–water partition coefficient (Wildman–Crippen LogP) is 4.30. The number of amides is 1. The van der Waals surface area contributed by atoms with Crippen LogP contribution in [0.25, 0.3) is 10.6 Å². The van der Waals surface area contributed by atoms with Crippen molar-refractivity contribution in [1.29, 1.82) is 0 Å². The second kappa shape index (κ2) is 8.80. The van der Waals surface area contributed by atoms with E-state index in [9.17, 15) is 9.18 Å². The SMILES string of the molecule is CC(C)(C)OC(=O)NCC(CF)COc1ccc(-c2nccs2)cc1. The van der Waals surface area contributed by atoms with Crippen molar-refractivity contribution in [2.24, 2.45) is 5.92 Å². The van der Waals surface area contributed by atoms with E-state index in [1.807, 2.05) is 29.6 Å². The standard InChI is InChI=1S/C18H23FN2O3S/c1-18(2,3)24-17(22)21-11-13(10-19)12-23-15-6-4-14(5-7-15)16-20-8-9-25-16/h4-9,13H,10-12H2,1-3H3,(H,21,22). The number of aromatic nitrogens is 1. The third-order valence-corrected chi connectivity index (χ3v) is 3.99. The van der Waals surface area contributed by atoms with Crippen LogP contribution in [0.3, 0.4) is 0 Å². The van der Waals surface area contributed by atoms with Gasteiger partial charge in [-0.3, -0.25) is 4.39 Å². The Balaban J connectivity index is 1.79. The fourth-order valence-electron chi connectivity index (χ4n) is 1.97. The fraction of sp³-hybridized carbons (Fsp3) is 0.444. The number of halogens is 1. The normalized spacial score (nSPS) is 12.5. The summed E-state index contributed by atoms with van der Waals surface area (Å²) in [6.45, 7) is 5.06. The zero-order valence-corrected chi connectivity index (χ0v) is 15.4. The lowest BCUT2D eigenvalue weighted by Crippen LogP contribution is -2.37. The van der Waals surface area contributed by atoms with Gasteiger partial charge >= 0.3 is 6.09 Å². The molecule has 1 amide bonds. The summed E-state index contributed by atoms with van der Waals surface area (Å²) >= 11 is 1.56. The average molecular weight is 366 g/mol. The lowest BCUT2D eigenvalue weighted by atomic mass is 10.2. The van der Waals surface area contributed by atoms with Gasteiger partial charge in [-0.15, -0.1) is 11.3 Å². The minimum atomic E-state index is -0.590. The number of nitrogens with zero attached hydrogens (tertiary/aromatic N) is 1. The Morgan fingerprint density at radius 2 is 2.04 bits per heavy atom. The third kappa shape index (κ3) is 6.70. The smallest absolute Gasteiger partial charge is 0.407 e. The number of benzene rings is 1. The first kappa shape index (κ1) is 19.2. The van der Waals surface area contributed by atoms with Crippen LogP contribution in [0.2, 0.25) is 0 Å². The van der Waals surface area contributed by atoms with Crippen molar-refractivity contribution >= 4 is 17.4 Å². The maximum atomic E-state index is 13.1. The van der Waals surface area contributed by atoms with Gasteiger partial charge in [-0.1, -0.05) is 0 Å². The van der Waals surface area contributed by atoms with Gasteiger partial charge in [0, 0.05) is 29.6 Å². The van der Waals surface area contributed by atoms with Crippen LogP contribution < -0.4 is 10.1 Å². The number of carbonyl (C=O) groups excluding carboxylic acids is 1. The molecule has 1 atom stereocenters. The molecule has 1 aromatic carbocycles. The summed E-state index contributed by atoms with van der Waals surface area (Å²) in [6.07, 6.45) is 1.20. The molecule has 25 heavy (non-hydrogen) atoms. The molecule has 2 rings (SSSR count). The molecule has 1 N–H and O–H groups in total. The highest BCUT2D eigenvalue weighted by atomic mass is 32.1. The van der Waals surface area contributed by atoms with E-state index >= 15 is 0 Å². The molecule has 0 saturated carbocycles. The lowest BCUT2D eigenvalue weighted by molar-refractivity contribution is 0.0511. The van der Waals surface area contributed by atoms with Crippen LogP contribution in [0.4, 0.5) is 9.18 Å². The van der Waals surface area contributed by atoms with Gasteiger partial charge < -0.3 is 14.8 Å². The number of carbonyl (C=O) groups is 1. The van der Waals surface area contributed by atoms with E-state index < -0.39 is 24.3 Å². The predicted molar refractivity (Wildman–Crippen MR) is 96.7 cm³/mol. The van der Waals surface area contributed by atoms with Crippen molar-refractivity contribution in [3.63, 3.8) is 0 Å². The summed E-state index contributed by atoms with van der Waals surface area (Å²) in [5.74, 6) is 0.210. The minimum absolute atomic E-state index is 0.155. The molecule has 0 aliphatic heterocycles. The van der Waals surface area contributed by atoms with Crippen molar-refractivity contribution in [2.75, 3.05) is 19.8 Å². The number of rotatable bonds is 7. The second-order valence-electron chi connectivity index (χ2n) is 6.58. The number of nitrogens with one attached hydrogen (secondary N) is 1. The Morgan fingerprint density at radius 1 is 1.32 bits per heavy atom. The van der Waals surface area contributed by atoms with Crippen LogP contribution in [0.5, 0.6) is 5.75 Å². The third-order valence-electron chi connectivity index (χ3n) is 3.17. The Morgan fingerprint density at radius 3 is 2.60 bits per heavy atom. The van der Waals surface area contributed by atoms with E-state index in [0.29, 0.717) is 5.75 Å². The van der Waals surface area contributed by atoms with Gasteiger partial charge in [-0.05, 0) is 45.0 Å². The molecule has 0 spiro atoms. The summed E-state index contributed by atoms with van der Waals surface area (Å²) in [7, 11) is 0. The molecule has 0 radical (unpaired) electrons. The molecule has 1 heterocycles. The molecule has 0 aliphatic rings. The molecule has 1 aromatic heterocycles. The summed E-state index contributed by atoms with van der Waals surface area (Å²) in [5.41, 5.74) is 0.432. The first-order chi connectivity index (χ1) is 11.9. The molecule has 7 heteroatoms. The fourth-order valence-corrected chi connectivity index (χ4v) is 2.62.